The number of hydrogen-bond acceptors (Lipinski definition) is 8. The maximum atomic E-state index is 14.3. The van der Waals surface area contributed by atoms with Gasteiger partial charge in [0.15, 0.2) is 9.84 Å². The topological polar surface area (TPSA) is 168 Å². The molecule has 3 fully saturated rings. The van der Waals surface area contributed by atoms with Crippen LogP contribution in [0.15, 0.2) is 12.7 Å². The Labute approximate surface area is 280 Å². The molecule has 0 aromatic rings. The van der Waals surface area contributed by atoms with Crippen molar-refractivity contribution in [3.63, 3.8) is 0 Å². The van der Waals surface area contributed by atoms with Crippen molar-refractivity contribution < 1.29 is 37.1 Å². The van der Waals surface area contributed by atoms with Gasteiger partial charge in [-0.15, -0.1) is 6.58 Å². The maximum Gasteiger partial charge on any atom is 0.408 e. The summed E-state index contributed by atoms with van der Waals surface area (Å²) in [5, 5.41) is 7.97. The van der Waals surface area contributed by atoms with Crippen LogP contribution in [0.2, 0.25) is 0 Å². The summed E-state index contributed by atoms with van der Waals surface area (Å²) in [4.78, 5) is 68.9. The summed E-state index contributed by atoms with van der Waals surface area (Å²) in [7, 11) is -3.52. The highest BCUT2D eigenvalue weighted by atomic mass is 32.2. The van der Waals surface area contributed by atoms with Crippen molar-refractivity contribution in [1.29, 1.82) is 0 Å². The Morgan fingerprint density at radius 2 is 1.62 bits per heavy atom. The van der Waals surface area contributed by atoms with Gasteiger partial charge in [0, 0.05) is 13.1 Å². The van der Waals surface area contributed by atoms with Crippen LogP contribution >= 0.6 is 0 Å². The molecule has 0 bridgehead atoms. The van der Waals surface area contributed by atoms with Gasteiger partial charge in [0.1, 0.15) is 17.7 Å². The second-order valence-electron chi connectivity index (χ2n) is 15.9. The van der Waals surface area contributed by atoms with Gasteiger partial charge < -0.3 is 25.6 Å². The standard InChI is InChI=1S/C34H56N4O8S/c1-10-11-17-23(27(39)29(41)35-18-19-47(44,45)33(5,6)7)36-28(40)26-24-22(34(24,8)9)20-38(26)30(42)25(21-15-13-12-14-16-21)37-31(43)46-32(2,3)4/h10,21-26H,1,11-20H2,2-9H3,(H,35,41)(H,36,40)(H,37,43)/t22?,23-,24+,25+,26+/m1/s1. The van der Waals surface area contributed by atoms with Gasteiger partial charge in [-0.3, -0.25) is 19.2 Å². The molecule has 2 aliphatic carbocycles. The number of amides is 4. The Hall–Kier alpha value is -2.96. The van der Waals surface area contributed by atoms with Crippen LogP contribution in [0.4, 0.5) is 4.79 Å². The molecule has 1 saturated heterocycles. The highest BCUT2D eigenvalue weighted by molar-refractivity contribution is 7.92. The summed E-state index contributed by atoms with van der Waals surface area (Å²) >= 11 is 0. The van der Waals surface area contributed by atoms with Crippen LogP contribution in [0.5, 0.6) is 0 Å². The number of alkyl carbamates (subject to hydrolysis) is 1. The number of piperidine rings is 1. The molecule has 3 rings (SSSR count). The first kappa shape index (κ1) is 38.5. The van der Waals surface area contributed by atoms with Gasteiger partial charge in [-0.25, -0.2) is 13.2 Å². The number of carbonyl (C=O) groups is 5. The molecule has 3 N–H and O–H groups in total. The summed E-state index contributed by atoms with van der Waals surface area (Å²) in [5.74, 6) is -3.33. The number of nitrogens with zero attached hydrogens (tertiary/aromatic N) is 1. The van der Waals surface area contributed by atoms with Crippen molar-refractivity contribution in [1.82, 2.24) is 20.9 Å². The minimum atomic E-state index is -3.52. The van der Waals surface area contributed by atoms with Crippen LogP contribution in [0.3, 0.4) is 0 Å². The lowest BCUT2D eigenvalue weighted by Crippen LogP contribution is -2.60. The number of Topliss-reactive ketones (excluding diaryl/α,β-unsaturated/α-hetero) is 1. The highest BCUT2D eigenvalue weighted by Crippen LogP contribution is 2.65. The first-order valence-corrected chi connectivity index (χ1v) is 18.5. The Bertz CT molecular complexity index is 1320. The van der Waals surface area contributed by atoms with Crippen molar-refractivity contribution in [3.05, 3.63) is 12.7 Å². The minimum Gasteiger partial charge on any atom is -0.444 e. The number of carbonyl (C=O) groups excluding carboxylic acids is 5. The molecule has 1 aliphatic heterocycles. The molecule has 0 spiro atoms. The van der Waals surface area contributed by atoms with E-state index in [1.807, 2.05) is 13.8 Å². The summed E-state index contributed by atoms with van der Waals surface area (Å²) < 4.78 is 29.4. The fourth-order valence-electron chi connectivity index (χ4n) is 6.94. The van der Waals surface area contributed by atoms with Gasteiger partial charge in [0.25, 0.3) is 5.91 Å². The van der Waals surface area contributed by atoms with Gasteiger partial charge in [-0.1, -0.05) is 39.2 Å². The van der Waals surface area contributed by atoms with E-state index in [0.29, 0.717) is 13.0 Å². The Balaban J connectivity index is 1.80. The minimum absolute atomic E-state index is 0.0612. The average molecular weight is 681 g/mol. The molecular formula is C34H56N4O8S. The van der Waals surface area contributed by atoms with E-state index in [-0.39, 0.29) is 47.8 Å². The monoisotopic (exact) mass is 680 g/mol. The lowest BCUT2D eigenvalue weighted by molar-refractivity contribution is -0.145. The fourth-order valence-corrected chi connectivity index (χ4v) is 7.92. The van der Waals surface area contributed by atoms with E-state index in [1.165, 1.54) is 0 Å². The Kier molecular flexibility index (Phi) is 12.0. The molecule has 1 heterocycles. The van der Waals surface area contributed by atoms with Crippen LogP contribution in [-0.2, 0) is 33.8 Å². The molecule has 2 saturated carbocycles. The molecule has 266 valence electrons. The molecular weight excluding hydrogens is 624 g/mol. The zero-order chi connectivity index (χ0) is 35.5. The number of ketones is 1. The number of sulfone groups is 1. The van der Waals surface area contributed by atoms with E-state index < -0.39 is 62.0 Å². The number of likely N-dealkylation sites (tertiary alicyclic amines) is 1. The van der Waals surface area contributed by atoms with Crippen LogP contribution in [0, 0.1) is 23.2 Å². The fraction of sp³-hybridized carbons (Fsp3) is 0.794. The summed E-state index contributed by atoms with van der Waals surface area (Å²) in [6.07, 6.45) is 5.76. The van der Waals surface area contributed by atoms with E-state index in [9.17, 15) is 32.4 Å². The molecule has 47 heavy (non-hydrogen) atoms. The van der Waals surface area contributed by atoms with E-state index in [2.05, 4.69) is 22.5 Å². The second-order valence-corrected chi connectivity index (χ2v) is 18.8. The predicted molar refractivity (Wildman–Crippen MR) is 179 cm³/mol. The maximum absolute atomic E-state index is 14.3. The van der Waals surface area contributed by atoms with Gasteiger partial charge in [0.2, 0.25) is 17.6 Å². The smallest absolute Gasteiger partial charge is 0.408 e. The molecule has 3 aliphatic rings. The number of hydrogen-bond donors (Lipinski definition) is 3. The third-order valence-corrected chi connectivity index (χ3v) is 12.5. The zero-order valence-electron chi connectivity index (χ0n) is 29.4. The predicted octanol–water partition coefficient (Wildman–Crippen LogP) is 3.29. The number of fused-ring (bicyclic) bond motifs is 1. The van der Waals surface area contributed by atoms with Gasteiger partial charge in [-0.2, -0.15) is 0 Å². The lowest BCUT2D eigenvalue weighted by atomic mass is 9.83. The van der Waals surface area contributed by atoms with E-state index in [4.69, 9.17) is 4.74 Å². The van der Waals surface area contributed by atoms with Gasteiger partial charge in [-0.05, 0) is 90.4 Å². The van der Waals surface area contributed by atoms with Crippen molar-refractivity contribution in [2.24, 2.45) is 23.2 Å². The van der Waals surface area contributed by atoms with Crippen molar-refractivity contribution >= 4 is 39.4 Å². The number of allylic oxidation sites excluding steroid dienone is 1. The van der Waals surface area contributed by atoms with E-state index in [1.54, 1.807) is 52.5 Å². The highest BCUT2D eigenvalue weighted by Gasteiger charge is 2.69. The summed E-state index contributed by atoms with van der Waals surface area (Å²) in [6, 6.07) is -2.96. The van der Waals surface area contributed by atoms with Crippen LogP contribution < -0.4 is 16.0 Å². The molecule has 4 amide bonds. The molecule has 12 nitrogen and oxygen atoms in total. The van der Waals surface area contributed by atoms with Crippen molar-refractivity contribution in [2.75, 3.05) is 18.8 Å². The number of ether oxygens (including phenoxy) is 1. The quantitative estimate of drug-likeness (QED) is 0.197. The molecule has 5 atom stereocenters. The molecule has 0 aromatic heterocycles. The first-order chi connectivity index (χ1) is 21.6. The number of rotatable bonds is 13. The zero-order valence-corrected chi connectivity index (χ0v) is 30.3. The molecule has 0 radical (unpaired) electrons. The van der Waals surface area contributed by atoms with E-state index >= 15 is 0 Å². The van der Waals surface area contributed by atoms with Crippen LogP contribution in [0.1, 0.15) is 100 Å². The average Bonchev–Trinajstić information content (AvgIpc) is 3.27. The lowest BCUT2D eigenvalue weighted by Gasteiger charge is -2.37. The third-order valence-electron chi connectivity index (χ3n) is 9.93. The van der Waals surface area contributed by atoms with Crippen LogP contribution in [0.25, 0.3) is 0 Å². The molecule has 13 heteroatoms. The SMILES string of the molecule is C=CCC[C@@H](NC(=O)[C@@H]1[C@@H]2C(CN1C(=O)[C@@H](NC(=O)OC(C)(C)C)C1CCCCC1)C2(C)C)C(=O)C(=O)NCCS(=O)(=O)C(C)(C)C. The van der Waals surface area contributed by atoms with Crippen LogP contribution in [-0.4, -0.2) is 90.2 Å². The van der Waals surface area contributed by atoms with Gasteiger partial charge in [0.05, 0.1) is 16.5 Å². The van der Waals surface area contributed by atoms with E-state index in [0.717, 1.165) is 32.1 Å². The molecule has 0 aromatic carbocycles. The molecule has 1 unspecified atom stereocenters. The normalized spacial score (nSPS) is 23.9. The summed E-state index contributed by atoms with van der Waals surface area (Å²) in [6.45, 7) is 17.8. The van der Waals surface area contributed by atoms with Gasteiger partial charge >= 0.3 is 6.09 Å². The Morgan fingerprint density at radius 1 is 1.00 bits per heavy atom. The summed E-state index contributed by atoms with van der Waals surface area (Å²) in [5.41, 5.74) is -0.972. The third kappa shape index (κ3) is 9.35. The van der Waals surface area contributed by atoms with Crippen molar-refractivity contribution in [3.8, 4) is 0 Å². The first-order valence-electron chi connectivity index (χ1n) is 16.9. The second kappa shape index (κ2) is 14.7. The largest absolute Gasteiger partial charge is 0.444 e. The Morgan fingerprint density at radius 3 is 2.17 bits per heavy atom. The van der Waals surface area contributed by atoms with Crippen molar-refractivity contribution in [2.45, 2.75) is 129 Å². The number of nitrogens with one attached hydrogen (secondary N) is 3.